The fraction of sp³-hybridized carbons (Fsp3) is 1.00. The molecule has 0 radical (unpaired) electrons. The van der Waals surface area contributed by atoms with Crippen molar-refractivity contribution in [2.24, 2.45) is 0 Å². The average Bonchev–Trinajstić information content (AvgIpc) is 2.36. The molecule has 1 N–H and O–H groups in total. The van der Waals surface area contributed by atoms with E-state index in [1.807, 2.05) is 0 Å². The summed E-state index contributed by atoms with van der Waals surface area (Å²) in [7, 11) is -3.22. The van der Waals surface area contributed by atoms with E-state index in [0.29, 0.717) is 16.5 Å². The van der Waals surface area contributed by atoms with Gasteiger partial charge < -0.3 is 4.90 Å². The zero-order valence-electron chi connectivity index (χ0n) is 6.77. The quantitative estimate of drug-likeness (QED) is 0.545. The van der Waals surface area contributed by atoms with Gasteiger partial charge in [-0.2, -0.15) is 8.42 Å². The number of hydrogen-bond acceptors (Lipinski definition) is 4. The maximum atomic E-state index is 10.3. The van der Waals surface area contributed by atoms with Gasteiger partial charge in [-0.3, -0.25) is 4.55 Å². The molecule has 0 unspecified atom stereocenters. The van der Waals surface area contributed by atoms with Crippen LogP contribution < -0.4 is 0 Å². The topological polar surface area (TPSA) is 57.6 Å². The summed E-state index contributed by atoms with van der Waals surface area (Å²) in [5, 5.41) is 0. The normalized spacial score (nSPS) is 20.1. The molecule has 1 rings (SSSR count). The molecule has 4 nitrogen and oxygen atoms in total. The molecule has 0 bridgehead atoms. The standard InChI is InChI=1S/C6H13NO3S2/c8-12(9,10)11-6-5-7-3-1-2-4-7/h1-6H2,(H,8,9,10). The van der Waals surface area contributed by atoms with Crippen molar-refractivity contribution < 1.29 is 13.0 Å². The molecule has 0 aromatic heterocycles. The maximum Gasteiger partial charge on any atom is 0.319 e. The fourth-order valence-electron chi connectivity index (χ4n) is 1.28. The highest BCUT2D eigenvalue weighted by molar-refractivity contribution is 8.69. The van der Waals surface area contributed by atoms with E-state index in [1.165, 1.54) is 12.8 Å². The molecule has 1 aliphatic heterocycles. The van der Waals surface area contributed by atoms with Crippen LogP contribution in [0.2, 0.25) is 0 Å². The second-order valence-corrected chi connectivity index (χ2v) is 6.27. The largest absolute Gasteiger partial charge is 0.319 e. The van der Waals surface area contributed by atoms with Crippen LogP contribution in [0.3, 0.4) is 0 Å². The molecule has 1 fully saturated rings. The smallest absolute Gasteiger partial charge is 0.302 e. The molecule has 0 aromatic carbocycles. The summed E-state index contributed by atoms with van der Waals surface area (Å²) in [5.74, 6) is 0.457. The molecule has 1 saturated heterocycles. The van der Waals surface area contributed by atoms with Gasteiger partial charge in [-0.15, -0.1) is 0 Å². The van der Waals surface area contributed by atoms with E-state index in [2.05, 4.69) is 4.90 Å². The monoisotopic (exact) mass is 211 g/mol. The van der Waals surface area contributed by atoms with Crippen LogP contribution in [0.15, 0.2) is 0 Å². The molecular weight excluding hydrogens is 198 g/mol. The minimum atomic E-state index is -3.83. The first-order valence-corrected chi connectivity index (χ1v) is 6.86. The number of hydrogen-bond donors (Lipinski definition) is 1. The minimum absolute atomic E-state index is 0.457. The Bertz CT molecular complexity index is 221. The highest BCUT2D eigenvalue weighted by Gasteiger charge is 2.12. The summed E-state index contributed by atoms with van der Waals surface area (Å²) in [4.78, 5) is 2.21. The van der Waals surface area contributed by atoms with Crippen molar-refractivity contribution in [1.29, 1.82) is 0 Å². The molecule has 0 amide bonds. The fourth-order valence-corrected chi connectivity index (χ4v) is 2.68. The van der Waals surface area contributed by atoms with Gasteiger partial charge in [0, 0.05) is 12.3 Å². The molecule has 72 valence electrons. The van der Waals surface area contributed by atoms with E-state index in [-0.39, 0.29) is 0 Å². The highest BCUT2D eigenvalue weighted by Crippen LogP contribution is 2.12. The molecule has 0 saturated carbocycles. The molecule has 12 heavy (non-hydrogen) atoms. The predicted molar refractivity (Wildman–Crippen MR) is 49.7 cm³/mol. The molecule has 0 aliphatic carbocycles. The van der Waals surface area contributed by atoms with Gasteiger partial charge >= 0.3 is 9.15 Å². The summed E-state index contributed by atoms with van der Waals surface area (Å²) < 4.78 is 29.0. The van der Waals surface area contributed by atoms with Crippen LogP contribution in [0, 0.1) is 0 Å². The third kappa shape index (κ3) is 4.30. The molecule has 1 heterocycles. The van der Waals surface area contributed by atoms with Gasteiger partial charge in [0.2, 0.25) is 0 Å². The van der Waals surface area contributed by atoms with Crippen LogP contribution in [0.5, 0.6) is 0 Å². The van der Waals surface area contributed by atoms with Gasteiger partial charge in [0.25, 0.3) is 0 Å². The Morgan fingerprint density at radius 2 is 1.92 bits per heavy atom. The van der Waals surface area contributed by atoms with Gasteiger partial charge in [0.1, 0.15) is 0 Å². The summed E-state index contributed by atoms with van der Waals surface area (Å²) in [6.45, 7) is 2.88. The van der Waals surface area contributed by atoms with Crippen molar-refractivity contribution >= 4 is 19.9 Å². The SMILES string of the molecule is O=S(=O)(O)SCCN1CCCC1. The van der Waals surface area contributed by atoms with E-state index in [4.69, 9.17) is 4.55 Å². The van der Waals surface area contributed by atoms with Crippen LogP contribution in [0.1, 0.15) is 12.8 Å². The number of likely N-dealkylation sites (tertiary alicyclic amines) is 1. The van der Waals surface area contributed by atoms with E-state index in [9.17, 15) is 8.42 Å². The zero-order valence-corrected chi connectivity index (χ0v) is 8.40. The second-order valence-electron chi connectivity index (χ2n) is 2.80. The van der Waals surface area contributed by atoms with Gasteiger partial charge in [-0.1, -0.05) is 0 Å². The van der Waals surface area contributed by atoms with E-state index in [1.54, 1.807) is 0 Å². The Hall–Kier alpha value is 0.220. The summed E-state index contributed by atoms with van der Waals surface area (Å²) >= 11 is 0. The van der Waals surface area contributed by atoms with E-state index < -0.39 is 9.15 Å². The first-order valence-electron chi connectivity index (χ1n) is 3.92. The Labute approximate surface area is 76.5 Å². The van der Waals surface area contributed by atoms with Crippen molar-refractivity contribution in [3.63, 3.8) is 0 Å². The van der Waals surface area contributed by atoms with Crippen molar-refractivity contribution in [3.8, 4) is 0 Å². The third-order valence-electron chi connectivity index (χ3n) is 1.84. The highest BCUT2D eigenvalue weighted by atomic mass is 33.1. The first kappa shape index (κ1) is 10.3. The van der Waals surface area contributed by atoms with Crippen molar-refractivity contribution in [3.05, 3.63) is 0 Å². The van der Waals surface area contributed by atoms with Crippen LogP contribution in [0.25, 0.3) is 0 Å². The lowest BCUT2D eigenvalue weighted by molar-refractivity contribution is 0.362. The molecular formula is C6H13NO3S2. The number of nitrogens with zero attached hydrogens (tertiary/aromatic N) is 1. The molecule has 1 aliphatic rings. The van der Waals surface area contributed by atoms with Crippen LogP contribution >= 0.6 is 10.8 Å². The summed E-state index contributed by atoms with van der Waals surface area (Å²) in [6.07, 6.45) is 2.41. The van der Waals surface area contributed by atoms with E-state index in [0.717, 1.165) is 19.6 Å². The molecule has 0 spiro atoms. The van der Waals surface area contributed by atoms with Gasteiger partial charge in [0.05, 0.1) is 0 Å². The first-order chi connectivity index (χ1) is 5.58. The maximum absolute atomic E-state index is 10.3. The lowest BCUT2D eigenvalue weighted by atomic mass is 10.4. The third-order valence-corrected chi connectivity index (χ3v) is 3.88. The van der Waals surface area contributed by atoms with Crippen molar-refractivity contribution in [2.45, 2.75) is 12.8 Å². The average molecular weight is 211 g/mol. The van der Waals surface area contributed by atoms with Crippen molar-refractivity contribution in [2.75, 3.05) is 25.4 Å². The Morgan fingerprint density at radius 3 is 2.42 bits per heavy atom. The lowest BCUT2D eigenvalue weighted by Crippen LogP contribution is -2.22. The molecule has 0 aromatic rings. The number of rotatable bonds is 4. The van der Waals surface area contributed by atoms with Crippen LogP contribution in [0.4, 0.5) is 0 Å². The summed E-state index contributed by atoms with van der Waals surface area (Å²) in [5.41, 5.74) is 0. The van der Waals surface area contributed by atoms with Crippen LogP contribution in [-0.4, -0.2) is 43.3 Å². The molecule has 0 atom stereocenters. The Morgan fingerprint density at radius 1 is 1.33 bits per heavy atom. The Balaban J connectivity index is 2.09. The van der Waals surface area contributed by atoms with Crippen LogP contribution in [-0.2, 0) is 9.15 Å². The van der Waals surface area contributed by atoms with Gasteiger partial charge in [-0.25, -0.2) is 0 Å². The van der Waals surface area contributed by atoms with Gasteiger partial charge in [-0.05, 0) is 36.7 Å². The Kier molecular flexibility index (Phi) is 3.82. The van der Waals surface area contributed by atoms with Crippen molar-refractivity contribution in [1.82, 2.24) is 4.90 Å². The minimum Gasteiger partial charge on any atom is -0.302 e. The second kappa shape index (κ2) is 4.45. The zero-order chi connectivity index (χ0) is 9.03. The predicted octanol–water partition coefficient (Wildman–Crippen LogP) is 0.618. The molecule has 6 heteroatoms. The van der Waals surface area contributed by atoms with E-state index >= 15 is 0 Å². The summed E-state index contributed by atoms with van der Waals surface area (Å²) in [6, 6.07) is 0. The van der Waals surface area contributed by atoms with Gasteiger partial charge in [0.15, 0.2) is 0 Å². The lowest BCUT2D eigenvalue weighted by Gasteiger charge is -2.12.